The van der Waals surface area contributed by atoms with Crippen molar-refractivity contribution >= 4 is 17.6 Å². The largest absolute Gasteiger partial charge is 0.423 e. The molecular weight excluding hydrogens is 426 g/mol. The van der Waals surface area contributed by atoms with Gasteiger partial charge in [0, 0.05) is 26.2 Å². The van der Waals surface area contributed by atoms with Gasteiger partial charge in [-0.15, -0.1) is 0 Å². The molecule has 0 N–H and O–H groups in total. The molecule has 0 saturated carbocycles. The normalized spacial score (nSPS) is 16.4. The van der Waals surface area contributed by atoms with Crippen LogP contribution in [0.1, 0.15) is 22.7 Å². The number of benzene rings is 3. The fraction of sp³-hybridized carbons (Fsp3) is 0.286. The van der Waals surface area contributed by atoms with Gasteiger partial charge in [0.1, 0.15) is 6.54 Å². The third-order valence-corrected chi connectivity index (χ3v) is 6.59. The molecule has 0 aromatic heterocycles. The van der Waals surface area contributed by atoms with Gasteiger partial charge in [-0.25, -0.2) is 4.79 Å². The van der Waals surface area contributed by atoms with Gasteiger partial charge in [-0.2, -0.15) is 0 Å². The Labute approximate surface area is 200 Å². The highest BCUT2D eigenvalue weighted by Gasteiger charge is 2.31. The number of piperazine rings is 1. The molecule has 3 aromatic carbocycles. The number of anilines is 1. The first-order chi connectivity index (χ1) is 16.6. The third kappa shape index (κ3) is 4.68. The molecule has 0 unspecified atom stereocenters. The molecule has 3 aromatic rings. The Bertz CT molecular complexity index is 1120. The maximum atomic E-state index is 13.2. The van der Waals surface area contributed by atoms with Crippen molar-refractivity contribution in [1.82, 2.24) is 9.80 Å². The van der Waals surface area contributed by atoms with Crippen LogP contribution in [-0.4, -0.2) is 60.9 Å². The number of hydrogen-bond acceptors (Lipinski definition) is 5. The van der Waals surface area contributed by atoms with E-state index in [0.29, 0.717) is 18.8 Å². The minimum absolute atomic E-state index is 0.0396. The van der Waals surface area contributed by atoms with Crippen LogP contribution in [0.15, 0.2) is 78.9 Å². The van der Waals surface area contributed by atoms with Crippen molar-refractivity contribution < 1.29 is 14.3 Å². The van der Waals surface area contributed by atoms with Gasteiger partial charge in [-0.05, 0) is 35.7 Å². The molecule has 1 fully saturated rings. The molecule has 1 saturated heterocycles. The Morgan fingerprint density at radius 1 is 0.882 bits per heavy atom. The molecule has 0 radical (unpaired) electrons. The first kappa shape index (κ1) is 22.2. The second-order valence-electron chi connectivity index (χ2n) is 8.94. The number of nitrogens with zero attached hydrogens (tertiary/aromatic N) is 3. The Morgan fingerprint density at radius 3 is 2.12 bits per heavy atom. The van der Waals surface area contributed by atoms with Crippen LogP contribution in [0.3, 0.4) is 0 Å². The quantitative estimate of drug-likeness (QED) is 0.434. The van der Waals surface area contributed by atoms with E-state index < -0.39 is 0 Å². The van der Waals surface area contributed by atoms with Crippen LogP contribution in [-0.2, 0) is 9.59 Å². The van der Waals surface area contributed by atoms with Gasteiger partial charge in [-0.1, -0.05) is 66.7 Å². The summed E-state index contributed by atoms with van der Waals surface area (Å²) in [5, 5.41) is 0. The topological polar surface area (TPSA) is 53.1 Å². The van der Waals surface area contributed by atoms with E-state index in [1.54, 1.807) is 6.07 Å². The van der Waals surface area contributed by atoms with Crippen molar-refractivity contribution in [3.05, 3.63) is 95.6 Å². The molecule has 6 nitrogen and oxygen atoms in total. The number of carbonyl (C=O) groups excluding carboxylic acids is 2. The van der Waals surface area contributed by atoms with Crippen LogP contribution in [0, 0.1) is 6.92 Å². The molecule has 1 amide bonds. The van der Waals surface area contributed by atoms with E-state index in [1.165, 1.54) is 11.1 Å². The molecule has 5 rings (SSSR count). The molecule has 34 heavy (non-hydrogen) atoms. The smallest absolute Gasteiger partial charge is 0.331 e. The van der Waals surface area contributed by atoms with Gasteiger partial charge in [0.15, 0.2) is 5.75 Å². The zero-order valence-electron chi connectivity index (χ0n) is 19.4. The van der Waals surface area contributed by atoms with Gasteiger partial charge in [-0.3, -0.25) is 9.69 Å². The lowest BCUT2D eigenvalue weighted by Gasteiger charge is -2.40. The Balaban J connectivity index is 1.27. The maximum absolute atomic E-state index is 13.2. The van der Waals surface area contributed by atoms with Crippen molar-refractivity contribution in [2.75, 3.05) is 44.2 Å². The number of amides is 1. The van der Waals surface area contributed by atoms with Crippen LogP contribution in [0.2, 0.25) is 0 Å². The molecule has 6 heteroatoms. The maximum Gasteiger partial charge on any atom is 0.331 e. The molecule has 0 bridgehead atoms. The number of ether oxygens (including phenoxy) is 1. The van der Waals surface area contributed by atoms with Crippen LogP contribution in [0.4, 0.5) is 5.69 Å². The summed E-state index contributed by atoms with van der Waals surface area (Å²) in [6.45, 7) is 5.15. The fourth-order valence-electron chi connectivity index (χ4n) is 4.88. The lowest BCUT2D eigenvalue weighted by Crippen LogP contribution is -2.53. The first-order valence-corrected chi connectivity index (χ1v) is 11.8. The van der Waals surface area contributed by atoms with E-state index in [4.69, 9.17) is 4.74 Å². The van der Waals surface area contributed by atoms with Crippen LogP contribution in [0.5, 0.6) is 5.75 Å². The fourth-order valence-corrected chi connectivity index (χ4v) is 4.88. The molecular formula is C28H29N3O3. The van der Waals surface area contributed by atoms with E-state index in [-0.39, 0.29) is 31.0 Å². The van der Waals surface area contributed by atoms with Crippen molar-refractivity contribution in [3.8, 4) is 5.75 Å². The summed E-state index contributed by atoms with van der Waals surface area (Å²) in [5.41, 5.74) is 4.38. The molecule has 2 aliphatic heterocycles. The van der Waals surface area contributed by atoms with E-state index in [0.717, 1.165) is 24.3 Å². The van der Waals surface area contributed by atoms with Crippen molar-refractivity contribution in [1.29, 1.82) is 0 Å². The van der Waals surface area contributed by atoms with Crippen molar-refractivity contribution in [3.63, 3.8) is 0 Å². The average Bonchev–Trinajstić information content (AvgIpc) is 2.86. The average molecular weight is 456 g/mol. The number of rotatable bonds is 5. The Hall–Kier alpha value is -3.64. The lowest BCUT2D eigenvalue weighted by molar-refractivity contribution is -0.134. The van der Waals surface area contributed by atoms with Gasteiger partial charge in [0.05, 0.1) is 18.3 Å². The van der Waals surface area contributed by atoms with E-state index in [1.807, 2.05) is 41.0 Å². The minimum atomic E-state index is -0.331. The number of fused-ring (bicyclic) bond motifs is 1. The Kier molecular flexibility index (Phi) is 6.32. The number of carbonyl (C=O) groups is 2. The van der Waals surface area contributed by atoms with Crippen LogP contribution in [0.25, 0.3) is 0 Å². The predicted molar refractivity (Wildman–Crippen MR) is 132 cm³/mol. The van der Waals surface area contributed by atoms with Crippen LogP contribution >= 0.6 is 0 Å². The zero-order valence-corrected chi connectivity index (χ0v) is 19.4. The summed E-state index contributed by atoms with van der Waals surface area (Å²) in [4.78, 5) is 31.5. The van der Waals surface area contributed by atoms with Gasteiger partial charge in [0.2, 0.25) is 5.91 Å². The predicted octanol–water partition coefficient (Wildman–Crippen LogP) is 3.65. The number of esters is 1. The summed E-state index contributed by atoms with van der Waals surface area (Å²) in [6, 6.07) is 26.9. The lowest BCUT2D eigenvalue weighted by atomic mass is 9.96. The summed E-state index contributed by atoms with van der Waals surface area (Å²) in [5.74, 6) is 0.230. The van der Waals surface area contributed by atoms with E-state index in [9.17, 15) is 9.59 Å². The minimum Gasteiger partial charge on any atom is -0.423 e. The van der Waals surface area contributed by atoms with Crippen LogP contribution < -0.4 is 9.64 Å². The van der Waals surface area contributed by atoms with E-state index >= 15 is 0 Å². The standard InChI is InChI=1S/C28H29N3O3/c1-21-12-13-25-24(18-21)31(20-27(33)34-25)19-26(32)29-14-16-30(17-15-29)28(22-8-4-2-5-9-22)23-10-6-3-7-11-23/h2-13,18,28H,14-17,19-20H2,1H3. The molecule has 174 valence electrons. The number of aryl methyl sites for hydroxylation is 1. The van der Waals surface area contributed by atoms with Gasteiger partial charge >= 0.3 is 5.97 Å². The monoisotopic (exact) mass is 455 g/mol. The summed E-state index contributed by atoms with van der Waals surface area (Å²) >= 11 is 0. The zero-order chi connectivity index (χ0) is 23.5. The first-order valence-electron chi connectivity index (χ1n) is 11.8. The number of hydrogen-bond donors (Lipinski definition) is 0. The van der Waals surface area contributed by atoms with Crippen molar-refractivity contribution in [2.24, 2.45) is 0 Å². The second kappa shape index (κ2) is 9.69. The molecule has 2 heterocycles. The third-order valence-electron chi connectivity index (χ3n) is 6.59. The Morgan fingerprint density at radius 2 is 1.50 bits per heavy atom. The molecule has 0 atom stereocenters. The molecule has 2 aliphatic rings. The highest BCUT2D eigenvalue weighted by atomic mass is 16.5. The second-order valence-corrected chi connectivity index (χ2v) is 8.94. The van der Waals surface area contributed by atoms with Crippen molar-refractivity contribution in [2.45, 2.75) is 13.0 Å². The summed E-state index contributed by atoms with van der Waals surface area (Å²) in [6.07, 6.45) is 0. The highest BCUT2D eigenvalue weighted by Crippen LogP contribution is 2.33. The summed E-state index contributed by atoms with van der Waals surface area (Å²) < 4.78 is 5.36. The molecule has 0 aliphatic carbocycles. The summed E-state index contributed by atoms with van der Waals surface area (Å²) in [7, 11) is 0. The highest BCUT2D eigenvalue weighted by molar-refractivity contribution is 5.89. The van der Waals surface area contributed by atoms with Gasteiger partial charge < -0.3 is 14.5 Å². The molecule has 0 spiro atoms. The van der Waals surface area contributed by atoms with E-state index in [2.05, 4.69) is 53.4 Å². The van der Waals surface area contributed by atoms with Gasteiger partial charge in [0.25, 0.3) is 0 Å². The SMILES string of the molecule is Cc1ccc2c(c1)N(CC(=O)N1CCN(C(c3ccccc3)c3ccccc3)CC1)CC(=O)O2.